The second-order valence-electron chi connectivity index (χ2n) is 6.91. The molecule has 1 N–H and O–H groups in total. The third-order valence-electron chi connectivity index (χ3n) is 4.74. The number of piperidine rings is 1. The summed E-state index contributed by atoms with van der Waals surface area (Å²) in [4.78, 5) is 12.3. The molecule has 2 aromatic rings. The third-order valence-corrected chi connectivity index (χ3v) is 6.65. The van der Waals surface area contributed by atoms with E-state index in [1.807, 2.05) is 0 Å². The summed E-state index contributed by atoms with van der Waals surface area (Å²) in [6, 6.07) is 10.3. The van der Waals surface area contributed by atoms with Gasteiger partial charge in [-0.1, -0.05) is 18.6 Å². The van der Waals surface area contributed by atoms with E-state index in [2.05, 4.69) is 5.32 Å². The van der Waals surface area contributed by atoms with Gasteiger partial charge in [0.1, 0.15) is 0 Å². The van der Waals surface area contributed by atoms with E-state index in [1.165, 1.54) is 28.6 Å². The van der Waals surface area contributed by atoms with Crippen LogP contribution in [0, 0.1) is 0 Å². The van der Waals surface area contributed by atoms with Crippen LogP contribution in [0.2, 0.25) is 0 Å². The van der Waals surface area contributed by atoms with E-state index in [0.29, 0.717) is 18.7 Å². The number of amides is 1. The van der Waals surface area contributed by atoms with Crippen LogP contribution in [-0.2, 0) is 27.4 Å². The number of halogens is 3. The smallest absolute Gasteiger partial charge is 0.326 e. The summed E-state index contributed by atoms with van der Waals surface area (Å²) in [6.07, 6.45) is -1.73. The van der Waals surface area contributed by atoms with Gasteiger partial charge in [-0.05, 0) is 54.8 Å². The maximum absolute atomic E-state index is 12.6. The SMILES string of the molecule is O=C(Cc1ccc(S(=O)(=O)N2CCCCC2)cc1)Nc1ccc(C(F)(F)F)cc1. The Kier molecular flexibility index (Phi) is 6.28. The fourth-order valence-corrected chi connectivity index (χ4v) is 4.68. The summed E-state index contributed by atoms with van der Waals surface area (Å²) < 4.78 is 64.4. The quantitative estimate of drug-likeness (QED) is 0.784. The van der Waals surface area contributed by atoms with Crippen LogP contribution in [0.25, 0.3) is 0 Å². The Balaban J connectivity index is 1.61. The summed E-state index contributed by atoms with van der Waals surface area (Å²) in [5.41, 5.74) is 0.0697. The molecule has 0 aliphatic carbocycles. The number of benzene rings is 2. The third kappa shape index (κ3) is 5.36. The first-order valence-electron chi connectivity index (χ1n) is 9.22. The molecule has 29 heavy (non-hydrogen) atoms. The van der Waals surface area contributed by atoms with Crippen LogP contribution in [0.1, 0.15) is 30.4 Å². The van der Waals surface area contributed by atoms with Crippen LogP contribution in [0.15, 0.2) is 53.4 Å². The fraction of sp³-hybridized carbons (Fsp3) is 0.350. The van der Waals surface area contributed by atoms with Crippen molar-refractivity contribution in [3.8, 4) is 0 Å². The predicted octanol–water partition coefficient (Wildman–Crippen LogP) is 4.06. The lowest BCUT2D eigenvalue weighted by atomic mass is 10.1. The van der Waals surface area contributed by atoms with Gasteiger partial charge < -0.3 is 5.32 Å². The molecule has 156 valence electrons. The van der Waals surface area contributed by atoms with Gasteiger partial charge in [-0.25, -0.2) is 8.42 Å². The average Bonchev–Trinajstić information content (AvgIpc) is 2.69. The molecule has 9 heteroatoms. The zero-order valence-corrected chi connectivity index (χ0v) is 16.4. The molecule has 2 aromatic carbocycles. The summed E-state index contributed by atoms with van der Waals surface area (Å²) in [7, 11) is -3.53. The van der Waals surface area contributed by atoms with E-state index in [4.69, 9.17) is 0 Å². The first kappa shape index (κ1) is 21.3. The van der Waals surface area contributed by atoms with Crippen LogP contribution in [0.3, 0.4) is 0 Å². The number of hydrogen-bond acceptors (Lipinski definition) is 3. The summed E-state index contributed by atoms with van der Waals surface area (Å²) in [5.74, 6) is -0.406. The van der Waals surface area contributed by atoms with Crippen LogP contribution in [0.5, 0.6) is 0 Å². The standard InChI is InChI=1S/C20H21F3N2O3S/c21-20(22,23)16-6-8-17(9-7-16)24-19(26)14-15-4-10-18(11-5-15)29(27,28)25-12-2-1-3-13-25/h4-11H,1-3,12-14H2,(H,24,26). The number of nitrogens with one attached hydrogen (secondary N) is 1. The number of hydrogen-bond donors (Lipinski definition) is 1. The lowest BCUT2D eigenvalue weighted by molar-refractivity contribution is -0.137. The number of sulfonamides is 1. The molecule has 0 radical (unpaired) electrons. The largest absolute Gasteiger partial charge is 0.416 e. The molecule has 0 bridgehead atoms. The molecule has 1 fully saturated rings. The van der Waals surface area contributed by atoms with Gasteiger partial charge in [0.15, 0.2) is 0 Å². The Morgan fingerprint density at radius 3 is 2.07 bits per heavy atom. The van der Waals surface area contributed by atoms with E-state index in [9.17, 15) is 26.4 Å². The Bertz CT molecular complexity index is 950. The number of carbonyl (C=O) groups excluding carboxylic acids is 1. The van der Waals surface area contributed by atoms with Gasteiger partial charge >= 0.3 is 6.18 Å². The highest BCUT2D eigenvalue weighted by Gasteiger charge is 2.30. The fourth-order valence-electron chi connectivity index (χ4n) is 3.17. The molecular formula is C20H21F3N2O3S. The maximum Gasteiger partial charge on any atom is 0.416 e. The Morgan fingerprint density at radius 2 is 1.52 bits per heavy atom. The van der Waals surface area contributed by atoms with Crippen LogP contribution in [-0.4, -0.2) is 31.7 Å². The van der Waals surface area contributed by atoms with Gasteiger partial charge in [-0.3, -0.25) is 4.79 Å². The maximum atomic E-state index is 12.6. The average molecular weight is 426 g/mol. The van der Waals surface area contributed by atoms with Crippen LogP contribution < -0.4 is 5.32 Å². The molecule has 0 atom stereocenters. The zero-order valence-electron chi connectivity index (χ0n) is 15.6. The monoisotopic (exact) mass is 426 g/mol. The molecule has 1 aliphatic rings. The van der Waals surface area contributed by atoms with E-state index in [-0.39, 0.29) is 17.0 Å². The molecule has 0 unspecified atom stereocenters. The molecule has 1 amide bonds. The van der Waals surface area contributed by atoms with E-state index >= 15 is 0 Å². The minimum absolute atomic E-state index is 0.0228. The lowest BCUT2D eigenvalue weighted by Gasteiger charge is -2.25. The van der Waals surface area contributed by atoms with Crippen molar-refractivity contribution in [1.29, 1.82) is 0 Å². The summed E-state index contributed by atoms with van der Waals surface area (Å²) in [6.45, 7) is 1.03. The highest BCUT2D eigenvalue weighted by molar-refractivity contribution is 7.89. The number of alkyl halides is 3. The van der Waals surface area contributed by atoms with Gasteiger partial charge in [-0.2, -0.15) is 17.5 Å². The van der Waals surface area contributed by atoms with Gasteiger partial charge in [0.25, 0.3) is 0 Å². The molecule has 1 saturated heterocycles. The van der Waals surface area contributed by atoms with Gasteiger partial charge in [0, 0.05) is 18.8 Å². The Labute approximate surface area is 167 Å². The van der Waals surface area contributed by atoms with E-state index in [0.717, 1.165) is 31.4 Å². The van der Waals surface area contributed by atoms with Crippen molar-refractivity contribution in [2.45, 2.75) is 36.8 Å². The number of nitrogens with zero attached hydrogens (tertiary/aromatic N) is 1. The van der Waals surface area contributed by atoms with Crippen molar-refractivity contribution in [2.24, 2.45) is 0 Å². The predicted molar refractivity (Wildman–Crippen MR) is 103 cm³/mol. The van der Waals surface area contributed by atoms with Crippen LogP contribution >= 0.6 is 0 Å². The van der Waals surface area contributed by atoms with Crippen molar-refractivity contribution in [2.75, 3.05) is 18.4 Å². The zero-order chi connectivity index (χ0) is 21.1. The highest BCUT2D eigenvalue weighted by Crippen LogP contribution is 2.29. The Morgan fingerprint density at radius 1 is 0.931 bits per heavy atom. The topological polar surface area (TPSA) is 66.5 Å². The van der Waals surface area contributed by atoms with Crippen molar-refractivity contribution < 1.29 is 26.4 Å². The van der Waals surface area contributed by atoms with Crippen LogP contribution in [0.4, 0.5) is 18.9 Å². The van der Waals surface area contributed by atoms with Crippen molar-refractivity contribution >= 4 is 21.6 Å². The lowest BCUT2D eigenvalue weighted by Crippen LogP contribution is -2.35. The Hall–Kier alpha value is -2.39. The number of carbonyl (C=O) groups is 1. The second-order valence-corrected chi connectivity index (χ2v) is 8.85. The van der Waals surface area contributed by atoms with E-state index < -0.39 is 27.7 Å². The van der Waals surface area contributed by atoms with E-state index in [1.54, 1.807) is 12.1 Å². The van der Waals surface area contributed by atoms with Gasteiger partial charge in [0.2, 0.25) is 15.9 Å². The molecule has 5 nitrogen and oxygen atoms in total. The summed E-state index contributed by atoms with van der Waals surface area (Å²) >= 11 is 0. The minimum atomic E-state index is -4.43. The molecule has 3 rings (SSSR count). The highest BCUT2D eigenvalue weighted by atomic mass is 32.2. The molecule has 1 heterocycles. The molecular weight excluding hydrogens is 405 g/mol. The molecule has 0 aromatic heterocycles. The first-order chi connectivity index (χ1) is 13.7. The number of anilines is 1. The van der Waals surface area contributed by atoms with Crippen molar-refractivity contribution in [3.05, 3.63) is 59.7 Å². The molecule has 0 spiro atoms. The second kappa shape index (κ2) is 8.54. The molecule has 1 aliphatic heterocycles. The summed E-state index contributed by atoms with van der Waals surface area (Å²) in [5, 5.41) is 2.53. The van der Waals surface area contributed by atoms with Crippen molar-refractivity contribution in [1.82, 2.24) is 4.31 Å². The van der Waals surface area contributed by atoms with Gasteiger partial charge in [0.05, 0.1) is 16.9 Å². The van der Waals surface area contributed by atoms with Gasteiger partial charge in [-0.15, -0.1) is 0 Å². The number of rotatable bonds is 5. The normalized spacial score (nSPS) is 15.8. The van der Waals surface area contributed by atoms with Crippen molar-refractivity contribution in [3.63, 3.8) is 0 Å². The first-order valence-corrected chi connectivity index (χ1v) is 10.7. The molecule has 0 saturated carbocycles. The minimum Gasteiger partial charge on any atom is -0.326 e.